The van der Waals surface area contributed by atoms with Gasteiger partial charge in [-0.1, -0.05) is 0 Å². The van der Waals surface area contributed by atoms with Gasteiger partial charge in [0, 0.05) is 11.4 Å². The number of nitrogens with one attached hydrogen (secondary N) is 1. The van der Waals surface area contributed by atoms with Gasteiger partial charge in [-0.2, -0.15) is 12.6 Å². The molecule has 2 N–H and O–H groups in total. The molecule has 0 spiro atoms. The SMILES string of the molecule is COc1ccc(NC(O)CS)cc1. The van der Waals surface area contributed by atoms with Crippen molar-refractivity contribution in [2.75, 3.05) is 18.2 Å². The van der Waals surface area contributed by atoms with Crippen molar-refractivity contribution in [3.8, 4) is 5.75 Å². The van der Waals surface area contributed by atoms with Gasteiger partial charge in [-0.25, -0.2) is 0 Å². The molecule has 1 unspecified atom stereocenters. The van der Waals surface area contributed by atoms with E-state index in [0.29, 0.717) is 5.75 Å². The second kappa shape index (κ2) is 4.99. The molecule has 0 fully saturated rings. The van der Waals surface area contributed by atoms with Gasteiger partial charge in [0.05, 0.1) is 7.11 Å². The van der Waals surface area contributed by atoms with E-state index < -0.39 is 6.23 Å². The van der Waals surface area contributed by atoms with Gasteiger partial charge >= 0.3 is 0 Å². The van der Waals surface area contributed by atoms with Crippen LogP contribution in [-0.2, 0) is 0 Å². The maximum absolute atomic E-state index is 9.22. The summed E-state index contributed by atoms with van der Waals surface area (Å²) in [6.07, 6.45) is -0.614. The van der Waals surface area contributed by atoms with Crippen molar-refractivity contribution >= 4 is 18.3 Å². The molecule has 1 rings (SSSR count). The average Bonchev–Trinajstić information content (AvgIpc) is 2.19. The van der Waals surface area contributed by atoms with Gasteiger partial charge in [0.2, 0.25) is 0 Å². The highest BCUT2D eigenvalue weighted by molar-refractivity contribution is 7.80. The number of anilines is 1. The Morgan fingerprint density at radius 3 is 2.54 bits per heavy atom. The largest absolute Gasteiger partial charge is 0.497 e. The molecule has 13 heavy (non-hydrogen) atoms. The van der Waals surface area contributed by atoms with E-state index in [1.54, 1.807) is 7.11 Å². The molecule has 72 valence electrons. The minimum atomic E-state index is -0.614. The summed E-state index contributed by atoms with van der Waals surface area (Å²) in [5.41, 5.74) is 0.849. The molecule has 0 bridgehead atoms. The predicted octanol–water partition coefficient (Wildman–Crippen LogP) is 1.36. The molecule has 1 aromatic rings. The first kappa shape index (κ1) is 10.2. The zero-order valence-corrected chi connectivity index (χ0v) is 8.29. The number of rotatable bonds is 4. The van der Waals surface area contributed by atoms with Crippen molar-refractivity contribution in [1.29, 1.82) is 0 Å². The number of methoxy groups -OCH3 is 1. The smallest absolute Gasteiger partial charge is 0.133 e. The first-order valence-corrected chi connectivity index (χ1v) is 4.59. The summed E-state index contributed by atoms with van der Waals surface area (Å²) in [5.74, 6) is 1.18. The summed E-state index contributed by atoms with van der Waals surface area (Å²) in [6.45, 7) is 0. The van der Waals surface area contributed by atoms with E-state index in [0.717, 1.165) is 11.4 Å². The summed E-state index contributed by atoms with van der Waals surface area (Å²) in [7, 11) is 1.62. The van der Waals surface area contributed by atoms with Crippen LogP contribution in [0.5, 0.6) is 5.75 Å². The van der Waals surface area contributed by atoms with Crippen LogP contribution in [0.3, 0.4) is 0 Å². The molecular weight excluding hydrogens is 186 g/mol. The lowest BCUT2D eigenvalue weighted by Gasteiger charge is -2.11. The van der Waals surface area contributed by atoms with E-state index in [1.165, 1.54) is 0 Å². The summed E-state index contributed by atoms with van der Waals surface area (Å²) in [5, 5.41) is 12.1. The van der Waals surface area contributed by atoms with Crippen molar-refractivity contribution in [1.82, 2.24) is 0 Å². The quantitative estimate of drug-likeness (QED) is 0.506. The van der Waals surface area contributed by atoms with Gasteiger partial charge in [0.25, 0.3) is 0 Å². The van der Waals surface area contributed by atoms with Crippen molar-refractivity contribution in [3.05, 3.63) is 24.3 Å². The fourth-order valence-corrected chi connectivity index (χ4v) is 1.02. The van der Waals surface area contributed by atoms with Crippen LogP contribution in [0.1, 0.15) is 0 Å². The highest BCUT2D eigenvalue weighted by atomic mass is 32.1. The van der Waals surface area contributed by atoms with Crippen LogP contribution in [0.25, 0.3) is 0 Å². The molecular formula is C9H13NO2S. The molecule has 0 radical (unpaired) electrons. The predicted molar refractivity (Wildman–Crippen MR) is 56.5 cm³/mol. The Kier molecular flexibility index (Phi) is 3.92. The van der Waals surface area contributed by atoms with Gasteiger partial charge in [0.15, 0.2) is 0 Å². The fourth-order valence-electron chi connectivity index (χ4n) is 0.925. The van der Waals surface area contributed by atoms with Gasteiger partial charge < -0.3 is 15.2 Å². The summed E-state index contributed by atoms with van der Waals surface area (Å²) in [4.78, 5) is 0. The zero-order chi connectivity index (χ0) is 9.68. The lowest BCUT2D eigenvalue weighted by Crippen LogP contribution is -2.19. The number of aliphatic hydroxyl groups is 1. The Balaban J connectivity index is 2.58. The number of aliphatic hydroxyl groups excluding tert-OH is 1. The molecule has 0 aliphatic heterocycles. The maximum atomic E-state index is 9.22. The van der Waals surface area contributed by atoms with Crippen molar-refractivity contribution in [2.24, 2.45) is 0 Å². The van der Waals surface area contributed by atoms with Gasteiger partial charge in [-0.3, -0.25) is 0 Å². The number of benzene rings is 1. The van der Waals surface area contributed by atoms with Crippen LogP contribution in [0.4, 0.5) is 5.69 Å². The van der Waals surface area contributed by atoms with Crippen LogP contribution in [0.15, 0.2) is 24.3 Å². The van der Waals surface area contributed by atoms with E-state index in [-0.39, 0.29) is 0 Å². The third-order valence-electron chi connectivity index (χ3n) is 1.60. The fraction of sp³-hybridized carbons (Fsp3) is 0.333. The number of hydrogen-bond acceptors (Lipinski definition) is 4. The van der Waals surface area contributed by atoms with Crippen molar-refractivity contribution in [3.63, 3.8) is 0 Å². The van der Waals surface area contributed by atoms with E-state index in [1.807, 2.05) is 24.3 Å². The van der Waals surface area contributed by atoms with Crippen LogP contribution in [0.2, 0.25) is 0 Å². The molecule has 0 aliphatic carbocycles. The van der Waals surface area contributed by atoms with Gasteiger partial charge in [-0.05, 0) is 24.3 Å². The third kappa shape index (κ3) is 3.16. The molecule has 0 amide bonds. The summed E-state index contributed by atoms with van der Waals surface area (Å²) < 4.78 is 5.00. The minimum absolute atomic E-state index is 0.381. The normalized spacial score (nSPS) is 12.2. The highest BCUT2D eigenvalue weighted by Gasteiger charge is 1.99. The first-order valence-electron chi connectivity index (χ1n) is 3.96. The molecule has 0 aromatic heterocycles. The molecule has 1 atom stereocenters. The van der Waals surface area contributed by atoms with Crippen LogP contribution in [-0.4, -0.2) is 24.2 Å². The topological polar surface area (TPSA) is 41.5 Å². The Bertz CT molecular complexity index is 250. The monoisotopic (exact) mass is 199 g/mol. The summed E-state index contributed by atoms with van der Waals surface area (Å²) >= 11 is 3.95. The maximum Gasteiger partial charge on any atom is 0.133 e. The first-order chi connectivity index (χ1) is 6.26. The second-order valence-corrected chi connectivity index (χ2v) is 2.94. The molecule has 0 saturated heterocycles. The zero-order valence-electron chi connectivity index (χ0n) is 7.40. The van der Waals surface area contributed by atoms with E-state index in [9.17, 15) is 5.11 Å². The standard InChI is InChI=1S/C9H13NO2S/c1-12-8-4-2-7(3-5-8)10-9(11)6-13/h2-5,9-11,13H,6H2,1H3. The van der Waals surface area contributed by atoms with E-state index >= 15 is 0 Å². The summed E-state index contributed by atoms with van der Waals surface area (Å²) in [6, 6.07) is 7.33. The Morgan fingerprint density at radius 2 is 2.08 bits per heavy atom. The van der Waals surface area contributed by atoms with E-state index in [2.05, 4.69) is 17.9 Å². The van der Waals surface area contributed by atoms with Crippen LogP contribution < -0.4 is 10.1 Å². The second-order valence-electron chi connectivity index (χ2n) is 2.57. The van der Waals surface area contributed by atoms with Crippen molar-refractivity contribution in [2.45, 2.75) is 6.23 Å². The van der Waals surface area contributed by atoms with Gasteiger partial charge in [-0.15, -0.1) is 0 Å². The molecule has 3 nitrogen and oxygen atoms in total. The molecule has 0 saturated carbocycles. The average molecular weight is 199 g/mol. The Hall–Kier alpha value is -0.870. The number of hydrogen-bond donors (Lipinski definition) is 3. The molecule has 1 aromatic carbocycles. The van der Waals surface area contributed by atoms with E-state index in [4.69, 9.17) is 4.74 Å². The Labute approximate surface area is 83.1 Å². The van der Waals surface area contributed by atoms with Gasteiger partial charge in [0.1, 0.15) is 12.0 Å². The lowest BCUT2D eigenvalue weighted by atomic mass is 10.3. The molecule has 0 aliphatic rings. The van der Waals surface area contributed by atoms with Crippen molar-refractivity contribution < 1.29 is 9.84 Å². The Morgan fingerprint density at radius 1 is 1.46 bits per heavy atom. The molecule has 4 heteroatoms. The highest BCUT2D eigenvalue weighted by Crippen LogP contribution is 2.15. The lowest BCUT2D eigenvalue weighted by molar-refractivity contribution is 0.229. The minimum Gasteiger partial charge on any atom is -0.497 e. The van der Waals surface area contributed by atoms with Crippen LogP contribution in [0, 0.1) is 0 Å². The number of ether oxygens (including phenoxy) is 1. The third-order valence-corrected chi connectivity index (χ3v) is 1.94. The van der Waals surface area contributed by atoms with Crippen LogP contribution >= 0.6 is 12.6 Å². The molecule has 0 heterocycles. The number of thiol groups is 1.